The molecule has 0 unspecified atom stereocenters. The molecule has 8 nitrogen and oxygen atoms in total. The maximum atomic E-state index is 11.4. The van der Waals surface area contributed by atoms with Gasteiger partial charge in [0, 0.05) is 66.3 Å². The Morgan fingerprint density at radius 2 is 1.67 bits per heavy atom. The summed E-state index contributed by atoms with van der Waals surface area (Å²) in [7, 11) is 5.17. The fraction of sp³-hybridized carbons (Fsp3) is 0.619. The maximum absolute atomic E-state index is 11.4. The first-order valence-electron chi connectivity index (χ1n) is 10.2. The molecule has 0 saturated carbocycles. The smallest absolute Gasteiger partial charge is 0.219 e. The number of carbonyl (C=O) groups excluding carboxylic acids is 1. The largest absolute Gasteiger partial charge is 0.493 e. The van der Waals surface area contributed by atoms with Gasteiger partial charge in [0.25, 0.3) is 0 Å². The number of hydrogen-bond acceptors (Lipinski definition) is 5. The van der Waals surface area contributed by atoms with Crippen LogP contribution >= 0.6 is 24.0 Å². The summed E-state index contributed by atoms with van der Waals surface area (Å²) in [6, 6.07) is 4.16. The molecule has 1 saturated heterocycles. The lowest BCUT2D eigenvalue weighted by atomic mass is 9.99. The maximum Gasteiger partial charge on any atom is 0.219 e. The van der Waals surface area contributed by atoms with Crippen molar-refractivity contribution in [2.45, 2.75) is 19.9 Å². The molecule has 3 rings (SSSR count). The number of fused-ring (bicyclic) bond motifs is 1. The number of rotatable bonds is 5. The number of methoxy groups -OCH3 is 2. The number of nitrogens with zero attached hydrogens (tertiary/aromatic N) is 4. The van der Waals surface area contributed by atoms with Crippen molar-refractivity contribution < 1.29 is 14.3 Å². The summed E-state index contributed by atoms with van der Waals surface area (Å²) >= 11 is 0. The Balaban J connectivity index is 0.00000320. The van der Waals surface area contributed by atoms with Crippen LogP contribution in [0.3, 0.4) is 0 Å². The molecule has 0 aliphatic carbocycles. The molecular formula is C21H34IN5O3. The Labute approximate surface area is 196 Å². The number of halogens is 1. The molecule has 30 heavy (non-hydrogen) atoms. The van der Waals surface area contributed by atoms with Crippen LogP contribution in [0.25, 0.3) is 0 Å². The number of aliphatic imine (C=N–C) groups is 1. The molecule has 2 heterocycles. The summed E-state index contributed by atoms with van der Waals surface area (Å²) in [5.74, 6) is 2.64. The van der Waals surface area contributed by atoms with Gasteiger partial charge in [-0.1, -0.05) is 0 Å². The lowest BCUT2D eigenvalue weighted by Crippen LogP contribution is -2.51. The molecule has 1 amide bonds. The van der Waals surface area contributed by atoms with Gasteiger partial charge in [0.1, 0.15) is 0 Å². The van der Waals surface area contributed by atoms with Gasteiger partial charge >= 0.3 is 0 Å². The van der Waals surface area contributed by atoms with Crippen molar-refractivity contribution in [3.05, 3.63) is 23.3 Å². The van der Waals surface area contributed by atoms with Crippen LogP contribution in [0.15, 0.2) is 17.1 Å². The van der Waals surface area contributed by atoms with Crippen molar-refractivity contribution in [1.82, 2.24) is 20.0 Å². The minimum atomic E-state index is 0. The molecule has 1 aromatic carbocycles. The van der Waals surface area contributed by atoms with Crippen LogP contribution in [0.4, 0.5) is 0 Å². The fourth-order valence-electron chi connectivity index (χ4n) is 4.01. The third-order valence-corrected chi connectivity index (χ3v) is 5.76. The molecule has 168 valence electrons. The predicted octanol–water partition coefficient (Wildman–Crippen LogP) is 1.42. The molecule has 0 bridgehead atoms. The van der Waals surface area contributed by atoms with Gasteiger partial charge in [-0.3, -0.25) is 14.7 Å². The van der Waals surface area contributed by atoms with Crippen LogP contribution in [0, 0.1) is 0 Å². The average Bonchev–Trinajstić information content (AvgIpc) is 2.75. The summed E-state index contributed by atoms with van der Waals surface area (Å²) in [5, 5.41) is 3.50. The zero-order valence-electron chi connectivity index (χ0n) is 18.4. The van der Waals surface area contributed by atoms with Crippen LogP contribution in [0.2, 0.25) is 0 Å². The van der Waals surface area contributed by atoms with Crippen LogP contribution in [0.5, 0.6) is 11.5 Å². The summed E-state index contributed by atoms with van der Waals surface area (Å²) in [6.07, 6.45) is 0.948. The van der Waals surface area contributed by atoms with Crippen LogP contribution < -0.4 is 14.8 Å². The van der Waals surface area contributed by atoms with Crippen LogP contribution in [0.1, 0.15) is 18.1 Å². The number of piperazine rings is 1. The molecule has 1 fully saturated rings. The molecule has 0 atom stereocenters. The van der Waals surface area contributed by atoms with Gasteiger partial charge in [-0.2, -0.15) is 0 Å². The van der Waals surface area contributed by atoms with Crippen molar-refractivity contribution in [2.75, 3.05) is 67.1 Å². The zero-order chi connectivity index (χ0) is 20.8. The van der Waals surface area contributed by atoms with E-state index >= 15 is 0 Å². The molecule has 1 N–H and O–H groups in total. The summed E-state index contributed by atoms with van der Waals surface area (Å²) in [4.78, 5) is 22.5. The molecule has 2 aliphatic rings. The molecule has 2 aliphatic heterocycles. The van der Waals surface area contributed by atoms with Gasteiger partial charge < -0.3 is 24.6 Å². The Bertz CT molecular complexity index is 750. The zero-order valence-corrected chi connectivity index (χ0v) is 20.8. The van der Waals surface area contributed by atoms with Gasteiger partial charge in [-0.15, -0.1) is 24.0 Å². The van der Waals surface area contributed by atoms with Gasteiger partial charge in [-0.25, -0.2) is 0 Å². The highest BCUT2D eigenvalue weighted by Crippen LogP contribution is 2.33. The second kappa shape index (κ2) is 11.6. The van der Waals surface area contributed by atoms with Gasteiger partial charge in [-0.05, 0) is 29.7 Å². The minimum Gasteiger partial charge on any atom is -0.493 e. The van der Waals surface area contributed by atoms with E-state index in [9.17, 15) is 4.79 Å². The number of carbonyl (C=O) groups is 1. The van der Waals surface area contributed by atoms with Gasteiger partial charge in [0.05, 0.1) is 14.2 Å². The van der Waals surface area contributed by atoms with Crippen molar-refractivity contribution in [3.8, 4) is 11.5 Å². The summed E-state index contributed by atoms with van der Waals surface area (Å²) < 4.78 is 10.9. The summed E-state index contributed by atoms with van der Waals surface area (Å²) in [5.41, 5.74) is 2.55. The van der Waals surface area contributed by atoms with Crippen molar-refractivity contribution in [1.29, 1.82) is 0 Å². The monoisotopic (exact) mass is 531 g/mol. The number of benzene rings is 1. The van der Waals surface area contributed by atoms with E-state index < -0.39 is 0 Å². The Kier molecular flexibility index (Phi) is 9.47. The van der Waals surface area contributed by atoms with E-state index in [0.29, 0.717) is 0 Å². The molecule has 9 heteroatoms. The van der Waals surface area contributed by atoms with E-state index in [1.807, 2.05) is 11.9 Å². The van der Waals surface area contributed by atoms with Crippen molar-refractivity contribution in [3.63, 3.8) is 0 Å². The third kappa shape index (κ3) is 5.90. The van der Waals surface area contributed by atoms with Gasteiger partial charge in [0.15, 0.2) is 17.5 Å². The Morgan fingerprint density at radius 3 is 2.23 bits per heavy atom. The van der Waals surface area contributed by atoms with Crippen LogP contribution in [-0.2, 0) is 17.8 Å². The molecule has 0 aromatic heterocycles. The highest BCUT2D eigenvalue weighted by Gasteiger charge is 2.22. The number of ether oxygens (including phenoxy) is 2. The predicted molar refractivity (Wildman–Crippen MR) is 129 cm³/mol. The number of hydrogen-bond donors (Lipinski definition) is 1. The number of nitrogens with one attached hydrogen (secondary N) is 1. The fourth-order valence-corrected chi connectivity index (χ4v) is 4.01. The summed E-state index contributed by atoms with van der Waals surface area (Å²) in [6.45, 7) is 8.63. The average molecular weight is 531 g/mol. The quantitative estimate of drug-likeness (QED) is 0.352. The van der Waals surface area contributed by atoms with E-state index in [0.717, 1.165) is 76.2 Å². The Hall–Kier alpha value is -1.75. The Morgan fingerprint density at radius 1 is 1.03 bits per heavy atom. The topological polar surface area (TPSA) is 69.6 Å². The lowest BCUT2D eigenvalue weighted by Gasteiger charge is -2.35. The van der Waals surface area contributed by atoms with E-state index in [1.165, 1.54) is 11.1 Å². The standard InChI is InChI=1S/C21H33N5O3.HI/c1-16(27)25-11-9-24(10-12-25)8-6-23-21(22-2)26-7-5-17-13-19(28-3)20(29-4)14-18(17)15-26;/h13-14H,5-12,15H2,1-4H3,(H,22,23);1H. The second-order valence-corrected chi connectivity index (χ2v) is 7.47. The first-order valence-corrected chi connectivity index (χ1v) is 10.2. The molecule has 0 radical (unpaired) electrons. The van der Waals surface area contributed by atoms with E-state index in [1.54, 1.807) is 21.1 Å². The number of amides is 1. The normalized spacial score (nSPS) is 17.1. The SMILES string of the molecule is CN=C(NCCN1CCN(C(C)=O)CC1)N1CCc2cc(OC)c(OC)cc2C1.I. The van der Waals surface area contributed by atoms with E-state index in [-0.39, 0.29) is 29.9 Å². The minimum absolute atomic E-state index is 0. The molecular weight excluding hydrogens is 497 g/mol. The second-order valence-electron chi connectivity index (χ2n) is 7.47. The first-order chi connectivity index (χ1) is 14.0. The third-order valence-electron chi connectivity index (χ3n) is 5.76. The van der Waals surface area contributed by atoms with E-state index in [4.69, 9.17) is 9.47 Å². The van der Waals surface area contributed by atoms with E-state index in [2.05, 4.69) is 32.2 Å². The van der Waals surface area contributed by atoms with Crippen LogP contribution in [-0.4, -0.2) is 93.6 Å². The molecule has 1 aromatic rings. The van der Waals surface area contributed by atoms with Gasteiger partial charge in [0.2, 0.25) is 5.91 Å². The highest BCUT2D eigenvalue weighted by molar-refractivity contribution is 14.0. The number of guanidine groups is 1. The lowest BCUT2D eigenvalue weighted by molar-refractivity contribution is -0.130. The molecule has 0 spiro atoms. The van der Waals surface area contributed by atoms with Crippen molar-refractivity contribution in [2.24, 2.45) is 4.99 Å². The van der Waals surface area contributed by atoms with Crippen molar-refractivity contribution >= 4 is 35.8 Å². The highest BCUT2D eigenvalue weighted by atomic mass is 127. The first kappa shape index (κ1) is 24.5.